The van der Waals surface area contributed by atoms with Gasteiger partial charge in [-0.15, -0.1) is 0 Å². The predicted molar refractivity (Wildman–Crippen MR) is 63.5 cm³/mol. The van der Waals surface area contributed by atoms with Crippen molar-refractivity contribution < 1.29 is 4.79 Å². The van der Waals surface area contributed by atoms with Gasteiger partial charge in [-0.05, 0) is 30.9 Å². The zero-order valence-corrected chi connectivity index (χ0v) is 10.1. The van der Waals surface area contributed by atoms with Gasteiger partial charge >= 0.3 is 0 Å². The van der Waals surface area contributed by atoms with E-state index in [2.05, 4.69) is 4.98 Å². The van der Waals surface area contributed by atoms with Gasteiger partial charge in [0.15, 0.2) is 0 Å². The lowest BCUT2D eigenvalue weighted by Crippen LogP contribution is -2.34. The molecule has 0 spiro atoms. The molecule has 1 heterocycles. The van der Waals surface area contributed by atoms with Crippen LogP contribution in [-0.2, 0) is 0 Å². The molecule has 1 aromatic rings. The smallest absolute Gasteiger partial charge is 0.255 e. The van der Waals surface area contributed by atoms with Crippen molar-refractivity contribution in [2.45, 2.75) is 19.3 Å². The molecule has 4 heteroatoms. The van der Waals surface area contributed by atoms with Crippen LogP contribution in [-0.4, -0.2) is 29.4 Å². The van der Waals surface area contributed by atoms with Crippen LogP contribution in [0, 0.1) is 5.92 Å². The second kappa shape index (κ2) is 4.83. The summed E-state index contributed by atoms with van der Waals surface area (Å²) in [6.07, 6.45) is 5.32. The van der Waals surface area contributed by atoms with Crippen molar-refractivity contribution in [3.05, 3.63) is 29.0 Å². The van der Waals surface area contributed by atoms with Gasteiger partial charge in [0.1, 0.15) is 5.15 Å². The summed E-state index contributed by atoms with van der Waals surface area (Å²) in [6.45, 7) is 0.849. The van der Waals surface area contributed by atoms with E-state index in [9.17, 15) is 4.79 Å². The highest BCUT2D eigenvalue weighted by Crippen LogP contribution is 2.27. The highest BCUT2D eigenvalue weighted by atomic mass is 35.5. The third-order valence-corrected chi connectivity index (χ3v) is 3.30. The van der Waals surface area contributed by atoms with E-state index in [4.69, 9.17) is 11.6 Å². The van der Waals surface area contributed by atoms with Crippen LogP contribution in [0.5, 0.6) is 0 Å². The molecule has 16 heavy (non-hydrogen) atoms. The van der Waals surface area contributed by atoms with Crippen LogP contribution in [0.25, 0.3) is 0 Å². The maximum Gasteiger partial charge on any atom is 0.255 e. The number of nitrogens with zero attached hydrogens (tertiary/aromatic N) is 2. The quantitative estimate of drug-likeness (QED) is 0.759. The molecule has 86 valence electrons. The Morgan fingerprint density at radius 1 is 1.56 bits per heavy atom. The van der Waals surface area contributed by atoms with E-state index in [-0.39, 0.29) is 5.91 Å². The molecule has 1 aromatic heterocycles. The molecule has 0 bridgehead atoms. The van der Waals surface area contributed by atoms with E-state index in [0.717, 1.165) is 6.54 Å². The average molecular weight is 239 g/mol. The molecular weight excluding hydrogens is 224 g/mol. The van der Waals surface area contributed by atoms with E-state index in [0.29, 0.717) is 16.6 Å². The number of carbonyl (C=O) groups is 1. The summed E-state index contributed by atoms with van der Waals surface area (Å²) in [5.74, 6) is 0.713. The lowest BCUT2D eigenvalue weighted by atomic mass is 9.85. The maximum atomic E-state index is 12.0. The van der Waals surface area contributed by atoms with E-state index in [1.165, 1.54) is 25.5 Å². The van der Waals surface area contributed by atoms with Gasteiger partial charge in [-0.2, -0.15) is 0 Å². The third kappa shape index (κ3) is 2.53. The van der Waals surface area contributed by atoms with Crippen molar-refractivity contribution in [3.8, 4) is 0 Å². The zero-order valence-electron chi connectivity index (χ0n) is 9.32. The molecule has 0 N–H and O–H groups in total. The summed E-state index contributed by atoms with van der Waals surface area (Å²) in [7, 11) is 1.84. The Labute approximate surface area is 100 Å². The first-order chi connectivity index (χ1) is 7.66. The monoisotopic (exact) mass is 238 g/mol. The molecule has 3 nitrogen and oxygen atoms in total. The minimum atomic E-state index is 0.0241. The topological polar surface area (TPSA) is 33.2 Å². The molecule has 1 amide bonds. The molecular formula is C12H15ClN2O. The zero-order chi connectivity index (χ0) is 11.5. The van der Waals surface area contributed by atoms with Gasteiger partial charge in [0.2, 0.25) is 0 Å². The normalized spacial score (nSPS) is 15.6. The molecule has 0 radical (unpaired) electrons. The molecule has 0 atom stereocenters. The van der Waals surface area contributed by atoms with Gasteiger partial charge in [-0.1, -0.05) is 18.0 Å². The van der Waals surface area contributed by atoms with E-state index < -0.39 is 0 Å². The first-order valence-corrected chi connectivity index (χ1v) is 5.91. The molecule has 0 aromatic carbocycles. The SMILES string of the molecule is CN(CC1CCC1)C(=O)c1ccc(Cl)nc1. The summed E-state index contributed by atoms with van der Waals surface area (Å²) >= 11 is 5.68. The summed E-state index contributed by atoms with van der Waals surface area (Å²) < 4.78 is 0. The summed E-state index contributed by atoms with van der Waals surface area (Å²) in [4.78, 5) is 17.7. The summed E-state index contributed by atoms with van der Waals surface area (Å²) in [5, 5.41) is 0.415. The second-order valence-corrected chi connectivity index (χ2v) is 4.74. The number of amides is 1. The Balaban J connectivity index is 1.97. The van der Waals surface area contributed by atoms with Gasteiger partial charge < -0.3 is 4.90 Å². The Hall–Kier alpha value is -1.09. The van der Waals surface area contributed by atoms with Crippen LogP contribution < -0.4 is 0 Å². The van der Waals surface area contributed by atoms with Crippen molar-refractivity contribution in [2.75, 3.05) is 13.6 Å². The molecule has 0 unspecified atom stereocenters. The fourth-order valence-corrected chi connectivity index (χ4v) is 1.98. The number of hydrogen-bond donors (Lipinski definition) is 0. The number of halogens is 1. The first kappa shape index (κ1) is 11.4. The Bertz CT molecular complexity index is 373. The fraction of sp³-hybridized carbons (Fsp3) is 0.500. The number of pyridine rings is 1. The third-order valence-electron chi connectivity index (χ3n) is 3.08. The summed E-state index contributed by atoms with van der Waals surface area (Å²) in [6, 6.07) is 3.36. The number of aromatic nitrogens is 1. The Kier molecular flexibility index (Phi) is 3.44. The van der Waals surface area contributed by atoms with Crippen molar-refractivity contribution >= 4 is 17.5 Å². The second-order valence-electron chi connectivity index (χ2n) is 4.35. The van der Waals surface area contributed by atoms with Gasteiger partial charge in [-0.3, -0.25) is 4.79 Å². The molecule has 1 aliphatic carbocycles. The van der Waals surface area contributed by atoms with Gasteiger partial charge in [0.05, 0.1) is 5.56 Å². The minimum absolute atomic E-state index is 0.0241. The Morgan fingerprint density at radius 2 is 2.31 bits per heavy atom. The van der Waals surface area contributed by atoms with Crippen LogP contribution in [0.2, 0.25) is 5.15 Å². The molecule has 1 fully saturated rings. The van der Waals surface area contributed by atoms with E-state index in [1.807, 2.05) is 7.05 Å². The van der Waals surface area contributed by atoms with Crippen LogP contribution >= 0.6 is 11.6 Å². The van der Waals surface area contributed by atoms with Crippen molar-refractivity contribution in [1.82, 2.24) is 9.88 Å². The van der Waals surface area contributed by atoms with Crippen LogP contribution in [0.1, 0.15) is 29.6 Å². The van der Waals surface area contributed by atoms with Crippen LogP contribution in [0.4, 0.5) is 0 Å². The number of carbonyl (C=O) groups excluding carboxylic acids is 1. The van der Waals surface area contributed by atoms with E-state index >= 15 is 0 Å². The number of hydrogen-bond acceptors (Lipinski definition) is 2. The van der Waals surface area contributed by atoms with Crippen molar-refractivity contribution in [1.29, 1.82) is 0 Å². The first-order valence-electron chi connectivity index (χ1n) is 5.54. The predicted octanol–water partition coefficient (Wildman–Crippen LogP) is 2.61. The van der Waals surface area contributed by atoms with E-state index in [1.54, 1.807) is 17.0 Å². The van der Waals surface area contributed by atoms with Gasteiger partial charge in [0, 0.05) is 19.8 Å². The lowest BCUT2D eigenvalue weighted by Gasteiger charge is -2.30. The lowest BCUT2D eigenvalue weighted by molar-refractivity contribution is 0.0745. The van der Waals surface area contributed by atoms with Crippen LogP contribution in [0.3, 0.4) is 0 Å². The van der Waals surface area contributed by atoms with Crippen molar-refractivity contribution in [2.24, 2.45) is 5.92 Å². The number of rotatable bonds is 3. The van der Waals surface area contributed by atoms with Gasteiger partial charge in [0.25, 0.3) is 5.91 Å². The molecule has 1 saturated carbocycles. The molecule has 0 aliphatic heterocycles. The minimum Gasteiger partial charge on any atom is -0.341 e. The van der Waals surface area contributed by atoms with Gasteiger partial charge in [-0.25, -0.2) is 4.98 Å². The van der Waals surface area contributed by atoms with Crippen LogP contribution in [0.15, 0.2) is 18.3 Å². The molecule has 2 rings (SSSR count). The molecule has 0 saturated heterocycles. The maximum absolute atomic E-state index is 12.0. The average Bonchev–Trinajstić information content (AvgIpc) is 2.23. The standard InChI is InChI=1S/C12H15ClN2O/c1-15(8-9-3-2-4-9)12(16)10-5-6-11(13)14-7-10/h5-7,9H,2-4,8H2,1H3. The highest BCUT2D eigenvalue weighted by Gasteiger charge is 2.21. The fourth-order valence-electron chi connectivity index (χ4n) is 1.87. The summed E-state index contributed by atoms with van der Waals surface area (Å²) in [5.41, 5.74) is 0.603. The molecule has 1 aliphatic rings. The van der Waals surface area contributed by atoms with Crippen molar-refractivity contribution in [3.63, 3.8) is 0 Å². The highest BCUT2D eigenvalue weighted by molar-refractivity contribution is 6.29. The largest absolute Gasteiger partial charge is 0.341 e. The Morgan fingerprint density at radius 3 is 2.81 bits per heavy atom.